The summed E-state index contributed by atoms with van der Waals surface area (Å²) >= 11 is 0. The van der Waals surface area contributed by atoms with Crippen molar-refractivity contribution < 1.29 is 9.53 Å². The zero-order valence-electron chi connectivity index (χ0n) is 14.9. The first kappa shape index (κ1) is 17.4. The highest BCUT2D eigenvalue weighted by atomic mass is 16.5. The SMILES string of the molecule is Cc1ccc(OCC(=O)N2CCN(Cc3cccnc3)CC2)c(C)c1. The van der Waals surface area contributed by atoms with Crippen molar-refractivity contribution in [1.29, 1.82) is 0 Å². The molecule has 3 rings (SSSR count). The average molecular weight is 339 g/mol. The smallest absolute Gasteiger partial charge is 0.260 e. The summed E-state index contributed by atoms with van der Waals surface area (Å²) in [6.45, 7) is 8.29. The van der Waals surface area contributed by atoms with Crippen LogP contribution in [-0.4, -0.2) is 53.5 Å². The molecule has 0 aliphatic carbocycles. The second-order valence-corrected chi connectivity index (χ2v) is 6.58. The van der Waals surface area contributed by atoms with E-state index in [4.69, 9.17) is 4.74 Å². The molecule has 5 nitrogen and oxygen atoms in total. The molecule has 25 heavy (non-hydrogen) atoms. The minimum atomic E-state index is 0.0565. The summed E-state index contributed by atoms with van der Waals surface area (Å²) < 4.78 is 5.72. The second-order valence-electron chi connectivity index (χ2n) is 6.58. The maximum Gasteiger partial charge on any atom is 0.260 e. The summed E-state index contributed by atoms with van der Waals surface area (Å²) in [5, 5.41) is 0. The first-order chi connectivity index (χ1) is 12.1. The van der Waals surface area contributed by atoms with Crippen LogP contribution < -0.4 is 4.74 Å². The van der Waals surface area contributed by atoms with E-state index in [0.717, 1.165) is 44.0 Å². The van der Waals surface area contributed by atoms with E-state index < -0.39 is 0 Å². The summed E-state index contributed by atoms with van der Waals surface area (Å²) in [5.41, 5.74) is 3.47. The topological polar surface area (TPSA) is 45.7 Å². The van der Waals surface area contributed by atoms with Crippen LogP contribution in [0.1, 0.15) is 16.7 Å². The van der Waals surface area contributed by atoms with Crippen LogP contribution >= 0.6 is 0 Å². The normalized spacial score (nSPS) is 15.2. The number of ether oxygens (including phenoxy) is 1. The molecule has 0 N–H and O–H groups in total. The van der Waals surface area contributed by atoms with Gasteiger partial charge in [0.05, 0.1) is 0 Å². The van der Waals surface area contributed by atoms with Crippen molar-refractivity contribution in [3.05, 3.63) is 59.4 Å². The van der Waals surface area contributed by atoms with Gasteiger partial charge in [-0.05, 0) is 37.1 Å². The molecular formula is C20H25N3O2. The van der Waals surface area contributed by atoms with Crippen molar-refractivity contribution >= 4 is 5.91 Å². The molecule has 1 aromatic carbocycles. The fourth-order valence-electron chi connectivity index (χ4n) is 3.10. The van der Waals surface area contributed by atoms with Crippen LogP contribution in [0.4, 0.5) is 0 Å². The summed E-state index contributed by atoms with van der Waals surface area (Å²) in [6.07, 6.45) is 3.69. The van der Waals surface area contributed by atoms with E-state index in [1.165, 1.54) is 11.1 Å². The summed E-state index contributed by atoms with van der Waals surface area (Å²) in [6, 6.07) is 10.0. The second kappa shape index (κ2) is 8.12. The predicted molar refractivity (Wildman–Crippen MR) is 97.5 cm³/mol. The number of rotatable bonds is 5. The number of hydrogen-bond donors (Lipinski definition) is 0. The van der Waals surface area contributed by atoms with E-state index in [0.29, 0.717) is 0 Å². The number of pyridine rings is 1. The van der Waals surface area contributed by atoms with Gasteiger partial charge in [0.15, 0.2) is 6.61 Å². The number of amides is 1. The van der Waals surface area contributed by atoms with E-state index in [2.05, 4.69) is 22.0 Å². The minimum Gasteiger partial charge on any atom is -0.484 e. The number of aromatic nitrogens is 1. The molecule has 0 bridgehead atoms. The highest BCUT2D eigenvalue weighted by molar-refractivity contribution is 5.78. The third-order valence-corrected chi connectivity index (χ3v) is 4.54. The molecule has 0 saturated carbocycles. The van der Waals surface area contributed by atoms with Gasteiger partial charge in [-0.3, -0.25) is 14.7 Å². The Balaban J connectivity index is 1.45. The van der Waals surface area contributed by atoms with Crippen LogP contribution in [0.3, 0.4) is 0 Å². The third kappa shape index (κ3) is 4.79. The number of carbonyl (C=O) groups is 1. The number of hydrogen-bond acceptors (Lipinski definition) is 4. The molecule has 0 spiro atoms. The number of carbonyl (C=O) groups excluding carboxylic acids is 1. The molecule has 0 atom stereocenters. The lowest BCUT2D eigenvalue weighted by Gasteiger charge is -2.34. The number of aryl methyl sites for hydroxylation is 2. The standard InChI is InChI=1S/C20H25N3O2/c1-16-5-6-19(17(2)12-16)25-15-20(24)23-10-8-22(9-11-23)14-18-4-3-7-21-13-18/h3-7,12-13H,8-11,14-15H2,1-2H3. The van der Waals surface area contributed by atoms with Crippen molar-refractivity contribution in [2.24, 2.45) is 0 Å². The van der Waals surface area contributed by atoms with Crippen LogP contribution in [-0.2, 0) is 11.3 Å². The van der Waals surface area contributed by atoms with Crippen molar-refractivity contribution in [3.63, 3.8) is 0 Å². The van der Waals surface area contributed by atoms with Gasteiger partial charge in [-0.1, -0.05) is 23.8 Å². The molecule has 1 aromatic heterocycles. The Labute approximate surface area is 149 Å². The number of benzene rings is 1. The van der Waals surface area contributed by atoms with Gasteiger partial charge < -0.3 is 9.64 Å². The van der Waals surface area contributed by atoms with E-state index >= 15 is 0 Å². The van der Waals surface area contributed by atoms with E-state index in [-0.39, 0.29) is 12.5 Å². The first-order valence-electron chi connectivity index (χ1n) is 8.71. The zero-order chi connectivity index (χ0) is 17.6. The number of piperazine rings is 1. The van der Waals surface area contributed by atoms with E-state index in [9.17, 15) is 4.79 Å². The van der Waals surface area contributed by atoms with Gasteiger partial charge in [-0.15, -0.1) is 0 Å². The highest BCUT2D eigenvalue weighted by Crippen LogP contribution is 2.18. The van der Waals surface area contributed by atoms with E-state index in [1.807, 2.05) is 43.1 Å². The summed E-state index contributed by atoms with van der Waals surface area (Å²) in [5.74, 6) is 0.843. The fourth-order valence-corrected chi connectivity index (χ4v) is 3.10. The Morgan fingerprint density at radius 3 is 2.64 bits per heavy atom. The molecule has 1 fully saturated rings. The van der Waals surface area contributed by atoms with Crippen molar-refractivity contribution in [2.45, 2.75) is 20.4 Å². The monoisotopic (exact) mass is 339 g/mol. The Bertz CT molecular complexity index is 710. The third-order valence-electron chi connectivity index (χ3n) is 4.54. The average Bonchev–Trinajstić information content (AvgIpc) is 2.62. The lowest BCUT2D eigenvalue weighted by molar-refractivity contribution is -0.135. The summed E-state index contributed by atoms with van der Waals surface area (Å²) in [4.78, 5) is 20.8. The van der Waals surface area contributed by atoms with Crippen LogP contribution in [0.2, 0.25) is 0 Å². The van der Waals surface area contributed by atoms with Crippen LogP contribution in [0.15, 0.2) is 42.7 Å². The molecule has 2 aromatic rings. The molecule has 5 heteroatoms. The zero-order valence-corrected chi connectivity index (χ0v) is 14.9. The molecule has 2 heterocycles. The predicted octanol–water partition coefficient (Wildman–Crippen LogP) is 2.42. The van der Waals surface area contributed by atoms with Gasteiger partial charge in [-0.25, -0.2) is 0 Å². The largest absolute Gasteiger partial charge is 0.484 e. The van der Waals surface area contributed by atoms with Gasteiger partial charge in [0.25, 0.3) is 5.91 Å². The van der Waals surface area contributed by atoms with Gasteiger partial charge in [0, 0.05) is 45.1 Å². The highest BCUT2D eigenvalue weighted by Gasteiger charge is 2.21. The van der Waals surface area contributed by atoms with Gasteiger partial charge >= 0.3 is 0 Å². The van der Waals surface area contributed by atoms with Crippen LogP contribution in [0.5, 0.6) is 5.75 Å². The Hall–Kier alpha value is -2.40. The minimum absolute atomic E-state index is 0.0565. The maximum absolute atomic E-state index is 12.4. The molecule has 1 amide bonds. The summed E-state index contributed by atoms with van der Waals surface area (Å²) in [7, 11) is 0. The van der Waals surface area contributed by atoms with Gasteiger partial charge in [0.1, 0.15) is 5.75 Å². The first-order valence-corrected chi connectivity index (χ1v) is 8.71. The Morgan fingerprint density at radius 2 is 1.96 bits per heavy atom. The fraction of sp³-hybridized carbons (Fsp3) is 0.400. The molecular weight excluding hydrogens is 314 g/mol. The Kier molecular flexibility index (Phi) is 5.66. The van der Waals surface area contributed by atoms with Gasteiger partial charge in [0.2, 0.25) is 0 Å². The molecule has 1 saturated heterocycles. The van der Waals surface area contributed by atoms with Crippen LogP contribution in [0.25, 0.3) is 0 Å². The van der Waals surface area contributed by atoms with Crippen molar-refractivity contribution in [3.8, 4) is 5.75 Å². The van der Waals surface area contributed by atoms with Crippen LogP contribution in [0, 0.1) is 13.8 Å². The quantitative estimate of drug-likeness (QED) is 0.839. The van der Waals surface area contributed by atoms with E-state index in [1.54, 1.807) is 6.20 Å². The van der Waals surface area contributed by atoms with Crippen molar-refractivity contribution in [1.82, 2.24) is 14.8 Å². The van der Waals surface area contributed by atoms with Gasteiger partial charge in [-0.2, -0.15) is 0 Å². The maximum atomic E-state index is 12.4. The Morgan fingerprint density at radius 1 is 1.16 bits per heavy atom. The lowest BCUT2D eigenvalue weighted by atomic mass is 10.1. The molecule has 1 aliphatic heterocycles. The molecule has 132 valence electrons. The molecule has 1 aliphatic rings. The number of nitrogens with zero attached hydrogens (tertiary/aromatic N) is 3. The molecule has 0 unspecified atom stereocenters. The lowest BCUT2D eigenvalue weighted by Crippen LogP contribution is -2.49. The molecule has 0 radical (unpaired) electrons. The van der Waals surface area contributed by atoms with Crippen molar-refractivity contribution in [2.75, 3.05) is 32.8 Å².